The van der Waals surface area contributed by atoms with Crippen molar-refractivity contribution in [2.75, 3.05) is 13.7 Å². The molecule has 0 aromatic heterocycles. The van der Waals surface area contributed by atoms with Gasteiger partial charge >= 0.3 is 5.97 Å². The van der Waals surface area contributed by atoms with Gasteiger partial charge < -0.3 is 34.4 Å². The summed E-state index contributed by atoms with van der Waals surface area (Å²) in [7, 11) is 1.72. The van der Waals surface area contributed by atoms with Crippen molar-refractivity contribution < 1.29 is 53.5 Å². The highest BCUT2D eigenvalue weighted by molar-refractivity contribution is 6.39. The van der Waals surface area contributed by atoms with E-state index in [0.717, 1.165) is 25.7 Å². The minimum Gasteiger partial charge on any atom is -0.460 e. The van der Waals surface area contributed by atoms with E-state index in [4.69, 9.17) is 14.2 Å². The fourth-order valence-corrected chi connectivity index (χ4v) is 9.45. The molecule has 0 aromatic carbocycles. The van der Waals surface area contributed by atoms with Gasteiger partial charge in [-0.15, -0.1) is 0 Å². The van der Waals surface area contributed by atoms with Gasteiger partial charge in [-0.25, -0.2) is 4.79 Å². The molecular weight excluding hydrogens is 779 g/mol. The molecule has 0 unspecified atom stereocenters. The number of nitrogens with zero attached hydrogens (tertiary/aromatic N) is 1. The van der Waals surface area contributed by atoms with Crippen LogP contribution >= 0.6 is 0 Å². The molecule has 1 saturated carbocycles. The zero-order valence-electron chi connectivity index (χ0n) is 38.1. The Kier molecular flexibility index (Phi) is 19.3. The Morgan fingerprint density at radius 3 is 2.23 bits per heavy atom. The number of esters is 1. The van der Waals surface area contributed by atoms with E-state index in [1.807, 2.05) is 39.0 Å². The first-order valence-corrected chi connectivity index (χ1v) is 22.9. The molecule has 4 rings (SSSR count). The monoisotopic (exact) mass is 854 g/mol. The van der Waals surface area contributed by atoms with Crippen LogP contribution in [0, 0.1) is 35.5 Å². The summed E-state index contributed by atoms with van der Waals surface area (Å²) >= 11 is 0. The van der Waals surface area contributed by atoms with Crippen LogP contribution in [0.2, 0.25) is 0 Å². The van der Waals surface area contributed by atoms with Crippen molar-refractivity contribution in [2.45, 2.75) is 181 Å². The van der Waals surface area contributed by atoms with Gasteiger partial charge in [-0.3, -0.25) is 19.2 Å². The summed E-state index contributed by atoms with van der Waals surface area (Å²) in [4.78, 5) is 70.7. The smallest absolute Gasteiger partial charge is 0.329 e. The summed E-state index contributed by atoms with van der Waals surface area (Å²) in [5.74, 6) is -7.05. The molecule has 3 N–H and O–H groups in total. The van der Waals surface area contributed by atoms with Crippen LogP contribution in [-0.4, -0.2) is 105 Å². The molecule has 0 radical (unpaired) electrons. The third-order valence-electron chi connectivity index (χ3n) is 13.9. The number of hydrogen-bond donors (Lipinski definition) is 3. The number of aliphatic hydroxyl groups is 3. The maximum absolute atomic E-state index is 14.2. The topological polar surface area (TPSA) is 177 Å². The van der Waals surface area contributed by atoms with Gasteiger partial charge in [0.1, 0.15) is 23.7 Å². The molecule has 1 amide bonds. The lowest BCUT2D eigenvalue weighted by Gasteiger charge is -2.42. The summed E-state index contributed by atoms with van der Waals surface area (Å²) in [5.41, 5.74) is 1.16. The number of aliphatic hydroxyl groups excluding tert-OH is 2. The minimum absolute atomic E-state index is 0.0707. The molecule has 12 nitrogen and oxygen atoms in total. The minimum atomic E-state index is -2.45. The van der Waals surface area contributed by atoms with Gasteiger partial charge in [0, 0.05) is 50.7 Å². The highest BCUT2D eigenvalue weighted by atomic mass is 16.6. The largest absolute Gasteiger partial charge is 0.460 e. The van der Waals surface area contributed by atoms with Crippen molar-refractivity contribution in [1.29, 1.82) is 0 Å². The van der Waals surface area contributed by atoms with Crippen LogP contribution in [0.3, 0.4) is 0 Å². The highest BCUT2D eigenvalue weighted by Gasteiger charge is 2.53. The van der Waals surface area contributed by atoms with E-state index in [9.17, 15) is 39.3 Å². The molecule has 12 heteroatoms. The summed E-state index contributed by atoms with van der Waals surface area (Å²) < 4.78 is 17.8. The number of Topliss-reactive ketones (excluding diaryl/α,β-unsaturated/α-hetero) is 3. The zero-order chi connectivity index (χ0) is 45.0. The van der Waals surface area contributed by atoms with E-state index >= 15 is 0 Å². The molecule has 2 bridgehead atoms. The first-order chi connectivity index (χ1) is 28.8. The number of carbonyl (C=O) groups is 5. The number of ketones is 3. The van der Waals surface area contributed by atoms with Gasteiger partial charge in [0.25, 0.3) is 11.7 Å². The van der Waals surface area contributed by atoms with E-state index in [1.165, 1.54) is 4.90 Å². The Balaban J connectivity index is 1.64. The van der Waals surface area contributed by atoms with Crippen molar-refractivity contribution in [2.24, 2.45) is 35.5 Å². The average molecular weight is 854 g/mol. The number of allylic oxidation sites excluding steroid dienone is 6. The van der Waals surface area contributed by atoms with Gasteiger partial charge in [-0.2, -0.15) is 0 Å². The summed E-state index contributed by atoms with van der Waals surface area (Å²) in [6.45, 7) is 12.8. The third-order valence-corrected chi connectivity index (χ3v) is 13.9. The second kappa shape index (κ2) is 23.4. The predicted molar refractivity (Wildman–Crippen MR) is 233 cm³/mol. The molecule has 2 saturated heterocycles. The second-order valence-corrected chi connectivity index (χ2v) is 18.9. The predicted octanol–water partition coefficient (Wildman–Crippen LogP) is 6.93. The summed E-state index contributed by atoms with van der Waals surface area (Å²) in [6, 6.07) is -1.10. The normalized spacial score (nSPS) is 39.8. The summed E-state index contributed by atoms with van der Waals surface area (Å²) in [5, 5.41) is 33.9. The van der Waals surface area contributed by atoms with E-state index < -0.39 is 65.7 Å². The van der Waals surface area contributed by atoms with Crippen LogP contribution in [0.4, 0.5) is 0 Å². The Hall–Kier alpha value is -3.29. The number of methoxy groups -OCH3 is 1. The van der Waals surface area contributed by atoms with Gasteiger partial charge in [-0.1, -0.05) is 71.1 Å². The van der Waals surface area contributed by atoms with E-state index in [0.29, 0.717) is 55.6 Å². The lowest BCUT2D eigenvalue weighted by Crippen LogP contribution is -2.61. The number of piperidine rings is 1. The maximum Gasteiger partial charge on any atom is 0.329 e. The fraction of sp³-hybridized carbons (Fsp3) is 0.735. The molecule has 0 spiro atoms. The number of carbonyl (C=O) groups excluding carboxylic acids is 5. The Bertz CT molecular complexity index is 1640. The number of amides is 1. The van der Waals surface area contributed by atoms with Crippen molar-refractivity contribution in [3.8, 4) is 0 Å². The summed E-state index contributed by atoms with van der Waals surface area (Å²) in [6.07, 6.45) is 14.9. The number of fused-ring (bicyclic) bond motifs is 3. The molecule has 3 fully saturated rings. The quantitative estimate of drug-likeness (QED) is 0.152. The third kappa shape index (κ3) is 14.1. The lowest BCUT2D eigenvalue weighted by molar-refractivity contribution is -0.265. The van der Waals surface area contributed by atoms with Crippen molar-refractivity contribution in [3.63, 3.8) is 0 Å². The molecule has 342 valence electrons. The molecule has 0 aromatic rings. The molecule has 11 atom stereocenters. The van der Waals surface area contributed by atoms with Crippen LogP contribution in [0.5, 0.6) is 0 Å². The van der Waals surface area contributed by atoms with Crippen LogP contribution in [0.15, 0.2) is 47.6 Å². The average Bonchev–Trinajstić information content (AvgIpc) is 3.23. The molecule has 4 aliphatic rings. The molecule has 3 heterocycles. The van der Waals surface area contributed by atoms with E-state index in [-0.39, 0.29) is 67.7 Å². The lowest BCUT2D eigenvalue weighted by atomic mass is 9.79. The highest BCUT2D eigenvalue weighted by Crippen LogP contribution is 2.37. The second-order valence-electron chi connectivity index (χ2n) is 18.9. The van der Waals surface area contributed by atoms with Gasteiger partial charge in [0.2, 0.25) is 5.79 Å². The van der Waals surface area contributed by atoms with Crippen LogP contribution in [0.1, 0.15) is 138 Å². The van der Waals surface area contributed by atoms with Crippen LogP contribution in [0.25, 0.3) is 0 Å². The van der Waals surface area contributed by atoms with E-state index in [2.05, 4.69) is 0 Å². The Morgan fingerprint density at radius 1 is 0.836 bits per heavy atom. The molecular formula is C49H75NO11. The first-order valence-electron chi connectivity index (χ1n) is 22.9. The van der Waals surface area contributed by atoms with Gasteiger partial charge in [-0.05, 0) is 113 Å². The van der Waals surface area contributed by atoms with Crippen molar-refractivity contribution in [1.82, 2.24) is 4.90 Å². The van der Waals surface area contributed by atoms with Crippen molar-refractivity contribution in [3.05, 3.63) is 47.6 Å². The standard InChI is InChI=1S/C49H75NO11/c1-30-14-10-9-11-15-31(2)41(51)27-39-20-17-36(7)49(58,61-39)46(55)47(56)50-23-13-12-16-40(50)48(57)60-45(35(6)26-37-18-21-38(59-8)22-19-37)29-44(54)34(5)25-33(4)43(53)28-42(52)32(3)24-30/h9-11,14-15,25,30,32,34-41,43,45,51,53,58H,12-13,16-24,26-29H2,1-8H3/b11-9+,14-10+,31-15+,33-25+/t30-,32-,34-,35-,36-,37?,38?,39+,40+,41+,43+,45+,49-/m1/s1. The Labute approximate surface area is 364 Å². The number of hydrogen-bond acceptors (Lipinski definition) is 11. The van der Waals surface area contributed by atoms with Gasteiger partial charge in [0.05, 0.1) is 24.4 Å². The van der Waals surface area contributed by atoms with Crippen LogP contribution < -0.4 is 0 Å². The fourth-order valence-electron chi connectivity index (χ4n) is 9.45. The van der Waals surface area contributed by atoms with Crippen molar-refractivity contribution >= 4 is 29.2 Å². The zero-order valence-corrected chi connectivity index (χ0v) is 38.1. The van der Waals surface area contributed by atoms with Gasteiger partial charge in [0.15, 0.2) is 0 Å². The van der Waals surface area contributed by atoms with Crippen LogP contribution in [-0.2, 0) is 38.2 Å². The number of cyclic esters (lactones) is 1. The SMILES string of the molecule is COC1CCC(C[C@@H](C)[C@@H]2CC(=O)[C@H](C)/C=C(\C)[C@@H](O)CC(=O)[C@H](C)C[C@H](C)/C=C/C=C/C=C(\C)[C@@H](O)C[C@@H]3CC[C@@H](C)[C@@](O)(O3)C(=O)C(=O)N3CCCC[C@H]3C(=O)O2)CC1. The number of ether oxygens (including phenoxy) is 3. The molecule has 61 heavy (non-hydrogen) atoms. The molecule has 3 aliphatic heterocycles. The first kappa shape index (κ1) is 50.4. The maximum atomic E-state index is 14.2. The number of rotatable bonds is 4. The molecule has 1 aliphatic carbocycles. The van der Waals surface area contributed by atoms with E-state index in [1.54, 1.807) is 53.0 Å². The Morgan fingerprint density at radius 2 is 1.54 bits per heavy atom.